The molecule has 26 heavy (non-hydrogen) atoms. The van der Waals surface area contributed by atoms with E-state index in [0.29, 0.717) is 0 Å². The second kappa shape index (κ2) is 6.47. The van der Waals surface area contributed by atoms with Gasteiger partial charge >= 0.3 is 0 Å². The fourth-order valence-corrected chi connectivity index (χ4v) is 4.08. The number of carbonyl (C=O) groups excluding carboxylic acids is 1. The number of aromatic nitrogens is 1. The topological polar surface area (TPSA) is 63.5 Å². The zero-order valence-corrected chi connectivity index (χ0v) is 15.6. The summed E-state index contributed by atoms with van der Waals surface area (Å²) < 4.78 is 7.63. The minimum Gasteiger partial charge on any atom is -0.493 e. The van der Waals surface area contributed by atoms with E-state index in [-0.39, 0.29) is 24.0 Å². The van der Waals surface area contributed by atoms with Crippen LogP contribution in [0.1, 0.15) is 51.8 Å². The maximum Gasteiger partial charge on any atom is 0.253 e. The molecule has 2 heterocycles. The van der Waals surface area contributed by atoms with Gasteiger partial charge in [-0.3, -0.25) is 4.79 Å². The van der Waals surface area contributed by atoms with Crippen molar-refractivity contribution in [3.63, 3.8) is 0 Å². The molecule has 2 aromatic rings. The van der Waals surface area contributed by atoms with Gasteiger partial charge < -0.3 is 19.7 Å². The van der Waals surface area contributed by atoms with Crippen molar-refractivity contribution in [3.05, 3.63) is 52.3 Å². The van der Waals surface area contributed by atoms with E-state index in [0.717, 1.165) is 54.1 Å². The summed E-state index contributed by atoms with van der Waals surface area (Å²) in [6.45, 7) is 4.70. The highest BCUT2D eigenvalue weighted by atomic mass is 16.5. The number of nitrogens with zero attached hydrogens (tertiary/aromatic N) is 1. The number of aryl methyl sites for hydroxylation is 1. The van der Waals surface area contributed by atoms with Crippen LogP contribution in [0.2, 0.25) is 0 Å². The number of rotatable bonds is 4. The summed E-state index contributed by atoms with van der Waals surface area (Å²) in [5, 5.41) is 13.0. The zero-order valence-electron chi connectivity index (χ0n) is 15.6. The monoisotopic (exact) mass is 354 g/mol. The summed E-state index contributed by atoms with van der Waals surface area (Å²) in [5.41, 5.74) is 5.06. The van der Waals surface area contributed by atoms with Crippen molar-refractivity contribution in [3.8, 4) is 5.75 Å². The lowest BCUT2D eigenvalue weighted by molar-refractivity contribution is 0.0235. The molecule has 0 saturated heterocycles. The normalized spacial score (nSPS) is 22.3. The van der Waals surface area contributed by atoms with Crippen molar-refractivity contribution in [1.29, 1.82) is 0 Å². The molecule has 5 nitrogen and oxygen atoms in total. The predicted molar refractivity (Wildman–Crippen MR) is 99.5 cm³/mol. The van der Waals surface area contributed by atoms with E-state index in [2.05, 4.69) is 11.4 Å². The van der Waals surface area contributed by atoms with Crippen LogP contribution in [0, 0.1) is 19.8 Å². The minimum absolute atomic E-state index is 0.0469. The first kappa shape index (κ1) is 17.2. The molecule has 2 N–H and O–H groups in total. The van der Waals surface area contributed by atoms with Crippen molar-refractivity contribution >= 4 is 5.91 Å². The third-order valence-electron chi connectivity index (χ3n) is 6.00. The Bertz CT molecular complexity index is 849. The van der Waals surface area contributed by atoms with Gasteiger partial charge in [-0.2, -0.15) is 0 Å². The number of benzene rings is 1. The molecule has 0 unspecified atom stereocenters. The molecule has 0 bridgehead atoms. The maximum absolute atomic E-state index is 13.0. The lowest BCUT2D eigenvalue weighted by Crippen LogP contribution is -2.41. The molecule has 1 aromatic heterocycles. The highest BCUT2D eigenvalue weighted by Gasteiger charge is 2.36. The van der Waals surface area contributed by atoms with Crippen molar-refractivity contribution in [2.75, 3.05) is 6.61 Å². The van der Waals surface area contributed by atoms with Crippen LogP contribution in [0.25, 0.3) is 0 Å². The smallest absolute Gasteiger partial charge is 0.253 e. The summed E-state index contributed by atoms with van der Waals surface area (Å²) in [5.74, 6) is 1.16. The summed E-state index contributed by atoms with van der Waals surface area (Å²) in [4.78, 5) is 13.0. The van der Waals surface area contributed by atoms with Gasteiger partial charge in [0.25, 0.3) is 5.91 Å². The van der Waals surface area contributed by atoms with Crippen molar-refractivity contribution in [1.82, 2.24) is 9.88 Å². The average Bonchev–Trinajstić information content (AvgIpc) is 3.16. The Morgan fingerprint density at radius 2 is 2.08 bits per heavy atom. The van der Waals surface area contributed by atoms with E-state index in [9.17, 15) is 9.90 Å². The lowest BCUT2D eigenvalue weighted by atomic mass is 9.74. The number of aliphatic hydroxyl groups is 1. The Balaban J connectivity index is 1.61. The fraction of sp³-hybridized carbons (Fsp3) is 0.476. The van der Waals surface area contributed by atoms with Crippen LogP contribution < -0.4 is 10.1 Å². The first-order valence-electron chi connectivity index (χ1n) is 9.31. The number of amides is 1. The van der Waals surface area contributed by atoms with Crippen molar-refractivity contribution in [2.45, 2.75) is 45.3 Å². The van der Waals surface area contributed by atoms with Crippen molar-refractivity contribution in [2.24, 2.45) is 13.0 Å². The van der Waals surface area contributed by atoms with Gasteiger partial charge in [0.1, 0.15) is 5.75 Å². The van der Waals surface area contributed by atoms with Gasteiger partial charge in [0.2, 0.25) is 0 Å². The third-order valence-corrected chi connectivity index (χ3v) is 6.00. The third kappa shape index (κ3) is 2.90. The molecule has 1 aliphatic heterocycles. The molecule has 138 valence electrons. The maximum atomic E-state index is 13.0. The Morgan fingerprint density at radius 1 is 1.31 bits per heavy atom. The number of carbonyl (C=O) groups is 1. The van der Waals surface area contributed by atoms with Gasteiger partial charge in [0.05, 0.1) is 24.3 Å². The first-order valence-corrected chi connectivity index (χ1v) is 9.31. The SMILES string of the molecule is Cc1cc(C(=O)N[C@@H](c2ccc3c(c2)CCO3)C2CC(O)C2)c(C)n1C. The van der Waals surface area contributed by atoms with E-state index < -0.39 is 0 Å². The zero-order chi connectivity index (χ0) is 18.4. The van der Waals surface area contributed by atoms with Crippen LogP contribution in [0.3, 0.4) is 0 Å². The van der Waals surface area contributed by atoms with Gasteiger partial charge in [-0.1, -0.05) is 6.07 Å². The number of hydrogen-bond acceptors (Lipinski definition) is 3. The number of nitrogens with one attached hydrogen (secondary N) is 1. The van der Waals surface area contributed by atoms with E-state index in [1.807, 2.05) is 43.7 Å². The average molecular weight is 354 g/mol. The lowest BCUT2D eigenvalue weighted by Gasteiger charge is -2.38. The second-order valence-corrected chi connectivity index (χ2v) is 7.65. The van der Waals surface area contributed by atoms with E-state index in [1.165, 1.54) is 5.56 Å². The molecular formula is C21H26N2O3. The minimum atomic E-state index is -0.252. The van der Waals surface area contributed by atoms with E-state index >= 15 is 0 Å². The van der Waals surface area contributed by atoms with Crippen LogP contribution in [0.5, 0.6) is 5.75 Å². The van der Waals surface area contributed by atoms with Crippen LogP contribution >= 0.6 is 0 Å². The molecule has 1 fully saturated rings. The quantitative estimate of drug-likeness (QED) is 0.887. The molecular weight excluding hydrogens is 328 g/mol. The molecule has 1 aromatic carbocycles. The fourth-order valence-electron chi connectivity index (χ4n) is 4.08. The van der Waals surface area contributed by atoms with Gasteiger partial charge in [-0.15, -0.1) is 0 Å². The molecule has 1 saturated carbocycles. The molecule has 5 heteroatoms. The Labute approximate surface area is 154 Å². The molecule has 1 atom stereocenters. The van der Waals surface area contributed by atoms with Gasteiger partial charge in [-0.25, -0.2) is 0 Å². The number of hydrogen-bond donors (Lipinski definition) is 2. The Kier molecular flexibility index (Phi) is 4.27. The molecule has 0 radical (unpaired) electrons. The Hall–Kier alpha value is -2.27. The highest BCUT2D eigenvalue weighted by molar-refractivity contribution is 5.96. The first-order chi connectivity index (χ1) is 12.4. The van der Waals surface area contributed by atoms with E-state index in [4.69, 9.17) is 4.74 Å². The van der Waals surface area contributed by atoms with Crippen molar-refractivity contribution < 1.29 is 14.6 Å². The Morgan fingerprint density at radius 3 is 2.73 bits per heavy atom. The number of ether oxygens (including phenoxy) is 1. The summed E-state index contributed by atoms with van der Waals surface area (Å²) in [6.07, 6.45) is 2.11. The molecule has 1 amide bonds. The van der Waals surface area contributed by atoms with Crippen LogP contribution in [0.15, 0.2) is 24.3 Å². The summed E-state index contributed by atoms with van der Waals surface area (Å²) in [6, 6.07) is 8.05. The second-order valence-electron chi connectivity index (χ2n) is 7.65. The summed E-state index contributed by atoms with van der Waals surface area (Å²) in [7, 11) is 1.97. The van der Waals surface area contributed by atoms with Crippen LogP contribution in [-0.2, 0) is 13.5 Å². The molecule has 0 spiro atoms. The van der Waals surface area contributed by atoms with Gasteiger partial charge in [-0.05, 0) is 61.9 Å². The van der Waals surface area contributed by atoms with Gasteiger partial charge in [0, 0.05) is 24.9 Å². The molecule has 4 rings (SSSR count). The molecule has 2 aliphatic rings. The largest absolute Gasteiger partial charge is 0.493 e. The highest BCUT2D eigenvalue weighted by Crippen LogP contribution is 2.40. The standard InChI is InChI=1S/C21H26N2O3/c1-12-8-18(13(2)23(12)3)21(25)22-20(16-10-17(24)11-16)15-4-5-19-14(9-15)6-7-26-19/h4-5,8-9,16-17,20,24H,6-7,10-11H2,1-3H3,(H,22,25)/t16?,17?,20-/m0/s1. The predicted octanol–water partition coefficient (Wildman–Crippen LogP) is 2.82. The van der Waals surface area contributed by atoms with Crippen LogP contribution in [0.4, 0.5) is 0 Å². The van der Waals surface area contributed by atoms with Crippen LogP contribution in [-0.4, -0.2) is 28.3 Å². The number of fused-ring (bicyclic) bond motifs is 1. The summed E-state index contributed by atoms with van der Waals surface area (Å²) >= 11 is 0. The number of aliphatic hydroxyl groups excluding tert-OH is 1. The molecule has 1 aliphatic carbocycles. The van der Waals surface area contributed by atoms with E-state index in [1.54, 1.807) is 0 Å². The van der Waals surface area contributed by atoms with Gasteiger partial charge in [0.15, 0.2) is 0 Å².